The highest BCUT2D eigenvalue weighted by Gasteiger charge is 2.09. The smallest absolute Gasteiger partial charge is 0.217 e. The fraction of sp³-hybridized carbons (Fsp3) is 0.333. The van der Waals surface area contributed by atoms with E-state index in [0.29, 0.717) is 11.6 Å². The van der Waals surface area contributed by atoms with Crippen molar-refractivity contribution in [1.29, 1.82) is 0 Å². The van der Waals surface area contributed by atoms with E-state index in [2.05, 4.69) is 4.98 Å². The summed E-state index contributed by atoms with van der Waals surface area (Å²) in [5.74, 6) is 0.608. The second-order valence-electron chi connectivity index (χ2n) is 2.56. The molecule has 0 saturated carbocycles. The van der Waals surface area contributed by atoms with Gasteiger partial charge < -0.3 is 15.2 Å². The van der Waals surface area contributed by atoms with Gasteiger partial charge in [-0.1, -0.05) is 0 Å². The summed E-state index contributed by atoms with van der Waals surface area (Å²) in [5, 5.41) is 0. The summed E-state index contributed by atoms with van der Waals surface area (Å²) >= 11 is 0. The largest absolute Gasteiger partial charge is 0.496 e. The molecule has 2 N–H and O–H groups in total. The van der Waals surface area contributed by atoms with Crippen LogP contribution in [-0.4, -0.2) is 31.5 Å². The van der Waals surface area contributed by atoms with Gasteiger partial charge in [0, 0.05) is 12.1 Å². The summed E-state index contributed by atoms with van der Waals surface area (Å²) in [6.07, 6.45) is 0. The lowest BCUT2D eigenvalue weighted by atomic mass is 10.2. The average molecular weight is 196 g/mol. The Morgan fingerprint density at radius 3 is 2.64 bits per heavy atom. The van der Waals surface area contributed by atoms with Crippen LogP contribution < -0.4 is 15.2 Å². The number of aromatic nitrogens is 1. The monoisotopic (exact) mass is 196 g/mol. The molecular weight excluding hydrogens is 184 g/mol. The minimum Gasteiger partial charge on any atom is -0.496 e. The highest BCUT2D eigenvalue weighted by molar-refractivity contribution is 5.96. The first-order valence-electron chi connectivity index (χ1n) is 4.04. The maximum atomic E-state index is 11.3. The lowest BCUT2D eigenvalue weighted by Gasteiger charge is -2.05. The Bertz CT molecular complexity index is 317. The highest BCUT2D eigenvalue weighted by Crippen LogP contribution is 2.18. The fourth-order valence-electron chi connectivity index (χ4n) is 0.951. The van der Waals surface area contributed by atoms with Crippen LogP contribution in [0, 0.1) is 0 Å². The van der Waals surface area contributed by atoms with Crippen LogP contribution in [0.3, 0.4) is 0 Å². The standard InChI is InChI=1S/C9H12N2O3/c1-13-6-3-7(8(12)5-10)11-9(4-6)14-2/h3-4H,5,10H2,1-2H3. The number of hydrogen-bond donors (Lipinski definition) is 1. The number of Topliss-reactive ketones (excluding diaryl/α,β-unsaturated/α-hetero) is 1. The zero-order valence-corrected chi connectivity index (χ0v) is 8.11. The minimum absolute atomic E-state index is 0.0800. The molecule has 0 saturated heterocycles. The molecule has 1 aromatic rings. The summed E-state index contributed by atoms with van der Waals surface area (Å²) in [4.78, 5) is 15.2. The molecule has 0 bridgehead atoms. The molecule has 5 heteroatoms. The Balaban J connectivity index is 3.10. The van der Waals surface area contributed by atoms with Gasteiger partial charge in [-0.3, -0.25) is 4.79 Å². The van der Waals surface area contributed by atoms with Crippen molar-refractivity contribution in [2.45, 2.75) is 0 Å². The summed E-state index contributed by atoms with van der Waals surface area (Å²) < 4.78 is 9.89. The lowest BCUT2D eigenvalue weighted by Crippen LogP contribution is -2.15. The molecule has 0 aliphatic rings. The number of carbonyl (C=O) groups is 1. The van der Waals surface area contributed by atoms with E-state index >= 15 is 0 Å². The van der Waals surface area contributed by atoms with Gasteiger partial charge in [-0.25, -0.2) is 4.98 Å². The average Bonchev–Trinajstić information content (AvgIpc) is 2.27. The van der Waals surface area contributed by atoms with E-state index in [1.54, 1.807) is 6.07 Å². The van der Waals surface area contributed by atoms with Crippen LogP contribution in [0.15, 0.2) is 12.1 Å². The Morgan fingerprint density at radius 2 is 2.14 bits per heavy atom. The molecule has 0 amide bonds. The third kappa shape index (κ3) is 2.20. The maximum Gasteiger partial charge on any atom is 0.217 e. The summed E-state index contributed by atoms with van der Waals surface area (Å²) in [6, 6.07) is 3.12. The first-order chi connectivity index (χ1) is 6.71. The molecule has 5 nitrogen and oxygen atoms in total. The topological polar surface area (TPSA) is 74.4 Å². The predicted octanol–water partition coefficient (Wildman–Crippen LogP) is 0.240. The molecular formula is C9H12N2O3. The molecule has 76 valence electrons. The Kier molecular flexibility index (Phi) is 3.41. The van der Waals surface area contributed by atoms with Gasteiger partial charge in [0.1, 0.15) is 11.4 Å². The van der Waals surface area contributed by atoms with E-state index in [9.17, 15) is 4.79 Å². The van der Waals surface area contributed by atoms with Gasteiger partial charge in [0.2, 0.25) is 5.88 Å². The molecule has 0 aliphatic carbocycles. The quantitative estimate of drug-likeness (QED) is 0.698. The molecule has 1 rings (SSSR count). The van der Waals surface area contributed by atoms with Crippen molar-refractivity contribution in [3.63, 3.8) is 0 Å². The molecule has 0 unspecified atom stereocenters. The van der Waals surface area contributed by atoms with Crippen LogP contribution in [0.1, 0.15) is 10.5 Å². The van der Waals surface area contributed by atoms with Gasteiger partial charge >= 0.3 is 0 Å². The van der Waals surface area contributed by atoms with E-state index in [1.807, 2.05) is 0 Å². The van der Waals surface area contributed by atoms with E-state index in [4.69, 9.17) is 15.2 Å². The number of pyridine rings is 1. The van der Waals surface area contributed by atoms with Crippen LogP contribution >= 0.6 is 0 Å². The van der Waals surface area contributed by atoms with Crippen LogP contribution in [0.2, 0.25) is 0 Å². The van der Waals surface area contributed by atoms with E-state index in [1.165, 1.54) is 20.3 Å². The molecule has 1 heterocycles. The third-order valence-corrected chi connectivity index (χ3v) is 1.69. The van der Waals surface area contributed by atoms with Gasteiger partial charge in [0.05, 0.1) is 20.8 Å². The van der Waals surface area contributed by atoms with Gasteiger partial charge in [0.25, 0.3) is 0 Å². The molecule has 0 aromatic carbocycles. The molecule has 0 aliphatic heterocycles. The maximum absolute atomic E-state index is 11.3. The number of hydrogen-bond acceptors (Lipinski definition) is 5. The highest BCUT2D eigenvalue weighted by atomic mass is 16.5. The summed E-state index contributed by atoms with van der Waals surface area (Å²) in [6.45, 7) is -0.0800. The van der Waals surface area contributed by atoms with Crippen molar-refractivity contribution in [3.05, 3.63) is 17.8 Å². The van der Waals surface area contributed by atoms with Crippen LogP contribution in [0.4, 0.5) is 0 Å². The molecule has 0 atom stereocenters. The van der Waals surface area contributed by atoms with Crippen molar-refractivity contribution in [2.75, 3.05) is 20.8 Å². The molecule has 0 fully saturated rings. The van der Waals surface area contributed by atoms with E-state index in [0.717, 1.165) is 0 Å². The van der Waals surface area contributed by atoms with Gasteiger partial charge in [0.15, 0.2) is 5.78 Å². The summed E-state index contributed by atoms with van der Waals surface area (Å²) in [7, 11) is 2.98. The van der Waals surface area contributed by atoms with E-state index in [-0.39, 0.29) is 18.0 Å². The van der Waals surface area contributed by atoms with Crippen molar-refractivity contribution >= 4 is 5.78 Å². The van der Waals surface area contributed by atoms with Crippen molar-refractivity contribution < 1.29 is 14.3 Å². The first kappa shape index (κ1) is 10.5. The van der Waals surface area contributed by atoms with Crippen molar-refractivity contribution in [1.82, 2.24) is 4.98 Å². The molecule has 0 spiro atoms. The fourth-order valence-corrected chi connectivity index (χ4v) is 0.951. The normalized spacial score (nSPS) is 9.64. The van der Waals surface area contributed by atoms with Crippen molar-refractivity contribution in [3.8, 4) is 11.6 Å². The number of nitrogens with zero attached hydrogens (tertiary/aromatic N) is 1. The number of ketones is 1. The van der Waals surface area contributed by atoms with Crippen LogP contribution in [0.5, 0.6) is 11.6 Å². The molecule has 1 aromatic heterocycles. The van der Waals surface area contributed by atoms with E-state index < -0.39 is 0 Å². The van der Waals surface area contributed by atoms with Gasteiger partial charge in [-0.2, -0.15) is 0 Å². The zero-order valence-electron chi connectivity index (χ0n) is 8.11. The number of ether oxygens (including phenoxy) is 2. The zero-order chi connectivity index (χ0) is 10.6. The Hall–Kier alpha value is -1.62. The first-order valence-corrected chi connectivity index (χ1v) is 4.04. The van der Waals surface area contributed by atoms with Crippen LogP contribution in [-0.2, 0) is 0 Å². The molecule has 0 radical (unpaired) electrons. The number of rotatable bonds is 4. The van der Waals surface area contributed by atoms with Gasteiger partial charge in [-0.15, -0.1) is 0 Å². The summed E-state index contributed by atoms with van der Waals surface area (Å²) in [5.41, 5.74) is 5.47. The van der Waals surface area contributed by atoms with Gasteiger partial charge in [-0.05, 0) is 0 Å². The third-order valence-electron chi connectivity index (χ3n) is 1.69. The number of carbonyl (C=O) groups excluding carboxylic acids is 1. The SMILES string of the molecule is COc1cc(OC)nc(C(=O)CN)c1. The minimum atomic E-state index is -0.248. The lowest BCUT2D eigenvalue weighted by molar-refractivity contribution is 0.0995. The van der Waals surface area contributed by atoms with Crippen molar-refractivity contribution in [2.24, 2.45) is 5.73 Å². The molecule has 14 heavy (non-hydrogen) atoms. The number of nitrogens with two attached hydrogens (primary N) is 1. The number of methoxy groups -OCH3 is 2. The van der Waals surface area contributed by atoms with Crippen LogP contribution in [0.25, 0.3) is 0 Å². The predicted molar refractivity (Wildman–Crippen MR) is 50.7 cm³/mol. The second-order valence-corrected chi connectivity index (χ2v) is 2.56. The Morgan fingerprint density at radius 1 is 1.43 bits per heavy atom. The second kappa shape index (κ2) is 4.57. The Labute approximate surface area is 81.8 Å².